The van der Waals surface area contributed by atoms with E-state index in [0.29, 0.717) is 6.54 Å². The summed E-state index contributed by atoms with van der Waals surface area (Å²) >= 11 is 1.66. The van der Waals surface area contributed by atoms with Crippen LogP contribution in [0.1, 0.15) is 31.5 Å². The van der Waals surface area contributed by atoms with Gasteiger partial charge in [0.25, 0.3) is 0 Å². The molecule has 2 aliphatic heterocycles. The second-order valence-electron chi connectivity index (χ2n) is 4.93. The predicted molar refractivity (Wildman–Crippen MR) is 70.3 cm³/mol. The van der Waals surface area contributed by atoms with Gasteiger partial charge in [0.1, 0.15) is 6.17 Å². The molecule has 3 rings (SSSR count). The minimum atomic E-state index is 0.0166. The van der Waals surface area contributed by atoms with Crippen molar-refractivity contribution in [3.05, 3.63) is 22.4 Å². The molecular formula is C13H18N2O2S. The molecule has 1 aromatic rings. The number of rotatable bonds is 3. The Balaban J connectivity index is 1.80. The van der Waals surface area contributed by atoms with Crippen LogP contribution in [0.4, 0.5) is 0 Å². The molecule has 18 heavy (non-hydrogen) atoms. The lowest BCUT2D eigenvalue weighted by atomic mass is 10.1. The monoisotopic (exact) mass is 266 g/mol. The number of hydrogen-bond donors (Lipinski definition) is 1. The molecule has 0 bridgehead atoms. The van der Waals surface area contributed by atoms with Gasteiger partial charge in [-0.05, 0) is 42.2 Å². The van der Waals surface area contributed by atoms with Crippen LogP contribution in [0.5, 0.6) is 0 Å². The van der Waals surface area contributed by atoms with Gasteiger partial charge in [0.2, 0.25) is 5.91 Å². The normalized spacial score (nSPS) is 30.1. The van der Waals surface area contributed by atoms with Crippen molar-refractivity contribution in [2.24, 2.45) is 0 Å². The molecule has 2 aliphatic rings. The van der Waals surface area contributed by atoms with E-state index in [4.69, 9.17) is 4.74 Å². The van der Waals surface area contributed by atoms with E-state index in [0.717, 1.165) is 19.4 Å². The molecule has 0 radical (unpaired) electrons. The highest BCUT2D eigenvalue weighted by Crippen LogP contribution is 2.30. The Morgan fingerprint density at radius 3 is 3.17 bits per heavy atom. The summed E-state index contributed by atoms with van der Waals surface area (Å²) in [6, 6.07) is 2.22. The smallest absolute Gasteiger partial charge is 0.238 e. The van der Waals surface area contributed by atoms with Gasteiger partial charge in [-0.15, -0.1) is 0 Å². The number of ether oxygens (including phenoxy) is 1. The lowest BCUT2D eigenvalue weighted by Crippen LogP contribution is -2.44. The summed E-state index contributed by atoms with van der Waals surface area (Å²) in [5.41, 5.74) is 1.18. The van der Waals surface area contributed by atoms with Crippen molar-refractivity contribution in [2.45, 2.75) is 38.1 Å². The molecule has 3 unspecified atom stereocenters. The van der Waals surface area contributed by atoms with E-state index in [9.17, 15) is 4.79 Å². The van der Waals surface area contributed by atoms with Crippen LogP contribution in [0, 0.1) is 0 Å². The van der Waals surface area contributed by atoms with E-state index in [-0.39, 0.29) is 24.2 Å². The summed E-state index contributed by atoms with van der Waals surface area (Å²) in [5.74, 6) is 0.175. The topological polar surface area (TPSA) is 41.6 Å². The van der Waals surface area contributed by atoms with Gasteiger partial charge in [-0.25, -0.2) is 0 Å². The Bertz CT molecular complexity index is 415. The third-order valence-electron chi connectivity index (χ3n) is 3.81. The first-order valence-electron chi connectivity index (χ1n) is 6.45. The molecule has 1 N–H and O–H groups in total. The second-order valence-corrected chi connectivity index (χ2v) is 5.71. The zero-order valence-electron chi connectivity index (χ0n) is 10.5. The number of hydrogen-bond acceptors (Lipinski definition) is 4. The summed E-state index contributed by atoms with van der Waals surface area (Å²) in [6.07, 6.45) is 2.37. The van der Waals surface area contributed by atoms with Gasteiger partial charge in [0.05, 0.1) is 18.7 Å². The summed E-state index contributed by atoms with van der Waals surface area (Å²) in [4.78, 5) is 14.0. The molecular weight excluding hydrogens is 248 g/mol. The molecule has 2 saturated heterocycles. The highest BCUT2D eigenvalue weighted by atomic mass is 32.1. The highest BCUT2D eigenvalue weighted by molar-refractivity contribution is 7.07. The van der Waals surface area contributed by atoms with Gasteiger partial charge < -0.3 is 9.64 Å². The fourth-order valence-electron chi connectivity index (χ4n) is 2.85. The van der Waals surface area contributed by atoms with Crippen LogP contribution in [-0.2, 0) is 9.53 Å². The molecule has 2 fully saturated rings. The Labute approximate surface area is 111 Å². The minimum Gasteiger partial charge on any atom is -0.376 e. The summed E-state index contributed by atoms with van der Waals surface area (Å²) in [5, 5.41) is 7.44. The van der Waals surface area contributed by atoms with Crippen LogP contribution in [-0.4, -0.2) is 36.1 Å². The van der Waals surface area contributed by atoms with Crippen molar-refractivity contribution in [3.63, 3.8) is 0 Å². The molecule has 0 aliphatic carbocycles. The molecule has 0 spiro atoms. The molecule has 4 nitrogen and oxygen atoms in total. The quantitative estimate of drug-likeness (QED) is 0.906. The van der Waals surface area contributed by atoms with E-state index < -0.39 is 0 Å². The Morgan fingerprint density at radius 2 is 2.50 bits per heavy atom. The van der Waals surface area contributed by atoms with Gasteiger partial charge in [-0.3, -0.25) is 10.1 Å². The summed E-state index contributed by atoms with van der Waals surface area (Å²) < 4.78 is 5.72. The van der Waals surface area contributed by atoms with Gasteiger partial charge >= 0.3 is 0 Å². The van der Waals surface area contributed by atoms with E-state index in [1.807, 2.05) is 4.90 Å². The van der Waals surface area contributed by atoms with Crippen molar-refractivity contribution in [2.75, 3.05) is 13.2 Å². The fourth-order valence-corrected chi connectivity index (χ4v) is 3.53. The molecule has 3 atom stereocenters. The number of carbonyl (C=O) groups excluding carboxylic acids is 1. The first-order valence-corrected chi connectivity index (χ1v) is 7.40. The van der Waals surface area contributed by atoms with Gasteiger partial charge in [0.15, 0.2) is 0 Å². The van der Waals surface area contributed by atoms with Crippen molar-refractivity contribution in [1.29, 1.82) is 0 Å². The average Bonchev–Trinajstić information content (AvgIpc) is 3.10. The van der Waals surface area contributed by atoms with Crippen LogP contribution < -0.4 is 5.32 Å². The molecule has 1 amide bonds. The van der Waals surface area contributed by atoms with Crippen molar-refractivity contribution >= 4 is 17.2 Å². The lowest BCUT2D eigenvalue weighted by Gasteiger charge is -2.33. The molecule has 98 valence electrons. The number of carbonyl (C=O) groups is 1. The number of thiophene rings is 1. The fraction of sp³-hybridized carbons (Fsp3) is 0.615. The highest BCUT2D eigenvalue weighted by Gasteiger charge is 2.39. The van der Waals surface area contributed by atoms with Crippen LogP contribution in [0.3, 0.4) is 0 Å². The average molecular weight is 266 g/mol. The third kappa shape index (κ3) is 2.06. The summed E-state index contributed by atoms with van der Waals surface area (Å²) in [7, 11) is 0. The molecule has 0 aromatic carbocycles. The van der Waals surface area contributed by atoms with Crippen molar-refractivity contribution < 1.29 is 9.53 Å². The van der Waals surface area contributed by atoms with Gasteiger partial charge in [-0.2, -0.15) is 11.3 Å². The molecule has 1 aromatic heterocycles. The second kappa shape index (κ2) is 4.99. The van der Waals surface area contributed by atoms with Crippen LogP contribution >= 0.6 is 11.3 Å². The van der Waals surface area contributed by atoms with E-state index in [1.165, 1.54) is 5.56 Å². The predicted octanol–water partition coefficient (Wildman–Crippen LogP) is 1.75. The first kappa shape index (κ1) is 12.1. The van der Waals surface area contributed by atoms with Gasteiger partial charge in [0, 0.05) is 6.61 Å². The maximum atomic E-state index is 12.1. The maximum Gasteiger partial charge on any atom is 0.238 e. The molecule has 3 heterocycles. The van der Waals surface area contributed by atoms with Crippen molar-refractivity contribution in [1.82, 2.24) is 10.2 Å². The van der Waals surface area contributed by atoms with E-state index in [2.05, 4.69) is 29.1 Å². The van der Waals surface area contributed by atoms with Crippen LogP contribution in [0.2, 0.25) is 0 Å². The summed E-state index contributed by atoms with van der Waals surface area (Å²) in [6.45, 7) is 3.35. The Kier molecular flexibility index (Phi) is 3.37. The Hall–Kier alpha value is -0.910. The van der Waals surface area contributed by atoms with Gasteiger partial charge in [-0.1, -0.05) is 0 Å². The van der Waals surface area contributed by atoms with Crippen LogP contribution in [0.25, 0.3) is 0 Å². The number of amides is 1. The third-order valence-corrected chi connectivity index (χ3v) is 4.51. The number of nitrogens with one attached hydrogen (secondary N) is 1. The maximum absolute atomic E-state index is 12.1. The first-order chi connectivity index (χ1) is 8.77. The van der Waals surface area contributed by atoms with Crippen LogP contribution in [0.15, 0.2) is 16.8 Å². The Morgan fingerprint density at radius 1 is 1.61 bits per heavy atom. The lowest BCUT2D eigenvalue weighted by molar-refractivity contribution is -0.132. The molecule has 0 saturated carbocycles. The zero-order valence-corrected chi connectivity index (χ0v) is 11.3. The largest absolute Gasteiger partial charge is 0.376 e. The zero-order chi connectivity index (χ0) is 12.5. The molecule has 5 heteroatoms. The van der Waals surface area contributed by atoms with E-state index >= 15 is 0 Å². The van der Waals surface area contributed by atoms with Crippen molar-refractivity contribution in [3.8, 4) is 0 Å². The number of nitrogens with zero attached hydrogens (tertiary/aromatic N) is 1. The minimum absolute atomic E-state index is 0.0166. The standard InChI is InChI=1S/C13H18N2O2S/c1-9(11-3-2-5-17-11)15-12(16)7-14-13(15)10-4-6-18-8-10/h4,6,8-9,11,13-14H,2-3,5,7H2,1H3. The van der Waals surface area contributed by atoms with E-state index in [1.54, 1.807) is 11.3 Å². The SMILES string of the molecule is CC(C1CCCO1)N1C(=O)CNC1c1ccsc1.